The Morgan fingerprint density at radius 1 is 0.735 bits per heavy atom. The van der Waals surface area contributed by atoms with E-state index in [9.17, 15) is 0 Å². The zero-order chi connectivity index (χ0) is 22.6. The third kappa shape index (κ3) is 4.84. The van der Waals surface area contributed by atoms with Crippen LogP contribution < -0.4 is 0 Å². The summed E-state index contributed by atoms with van der Waals surface area (Å²) in [7, 11) is 0. The van der Waals surface area contributed by atoms with E-state index in [4.69, 9.17) is 4.42 Å². The molecule has 0 spiro atoms. The molecule has 0 unspecified atom stereocenters. The van der Waals surface area contributed by atoms with Crippen LogP contribution in [0.5, 0.6) is 0 Å². The second-order valence-corrected chi connectivity index (χ2v) is 7.86. The van der Waals surface area contributed by atoms with Gasteiger partial charge in [-0.2, -0.15) is 0 Å². The summed E-state index contributed by atoms with van der Waals surface area (Å²) in [5.41, 5.74) is 8.00. The standard InChI is InChI=1S/C18H12NO.C12H10N.Ir/c1-12-6-5-11-19-17(12)15-9-4-8-14-13-7-2-3-10-16(13)20-18(14)15;1-10-5-4-6-11(9-10)12-7-2-3-8-13-12;/h2-8,10-11H,1H3;2-5,7-9H,1H3;/q2*-1;. The summed E-state index contributed by atoms with van der Waals surface area (Å²) >= 11 is 0. The first kappa shape index (κ1) is 23.6. The number of pyridine rings is 2. The minimum absolute atomic E-state index is 0. The van der Waals surface area contributed by atoms with Crippen molar-refractivity contribution in [3.63, 3.8) is 0 Å². The fourth-order valence-electron chi connectivity index (χ4n) is 3.86. The number of aromatic nitrogens is 2. The van der Waals surface area contributed by atoms with Gasteiger partial charge in [-0.15, -0.1) is 53.6 Å². The van der Waals surface area contributed by atoms with Crippen molar-refractivity contribution >= 4 is 21.9 Å². The summed E-state index contributed by atoms with van der Waals surface area (Å²) in [5, 5.41) is 2.24. The van der Waals surface area contributed by atoms with Gasteiger partial charge in [0.2, 0.25) is 0 Å². The summed E-state index contributed by atoms with van der Waals surface area (Å²) in [5.74, 6) is 0. The quantitative estimate of drug-likeness (QED) is 0.188. The zero-order valence-electron chi connectivity index (χ0n) is 18.9. The SMILES string of the molecule is Cc1cc[c-]c(-c2ccccn2)c1.Cc1cccnc1-c1[c-]ccc2c1oc1ccccc12.[Ir]. The molecule has 0 N–H and O–H groups in total. The summed E-state index contributed by atoms with van der Waals surface area (Å²) in [4.78, 5) is 8.74. The molecule has 0 aliphatic carbocycles. The number of nitrogens with zero attached hydrogens (tertiary/aromatic N) is 2. The number of benzene rings is 3. The molecule has 1 radical (unpaired) electrons. The van der Waals surface area contributed by atoms with Crippen LogP contribution in [-0.4, -0.2) is 9.97 Å². The van der Waals surface area contributed by atoms with Crippen molar-refractivity contribution in [3.05, 3.63) is 121 Å². The molecule has 0 aliphatic rings. The molecule has 3 heterocycles. The fourth-order valence-corrected chi connectivity index (χ4v) is 3.86. The fraction of sp³-hybridized carbons (Fsp3) is 0.0667. The predicted octanol–water partition coefficient (Wildman–Crippen LogP) is 7.61. The molecule has 3 nitrogen and oxygen atoms in total. The van der Waals surface area contributed by atoms with Crippen molar-refractivity contribution in [2.45, 2.75) is 13.8 Å². The molecule has 0 fully saturated rings. The van der Waals surface area contributed by atoms with E-state index in [1.807, 2.05) is 66.7 Å². The molecule has 3 aromatic carbocycles. The van der Waals surface area contributed by atoms with Gasteiger partial charge in [-0.1, -0.05) is 59.8 Å². The molecule has 4 heteroatoms. The van der Waals surface area contributed by atoms with Gasteiger partial charge >= 0.3 is 0 Å². The van der Waals surface area contributed by atoms with Crippen molar-refractivity contribution in [1.82, 2.24) is 9.97 Å². The molecule has 169 valence electrons. The van der Waals surface area contributed by atoms with Gasteiger partial charge in [0.05, 0.1) is 5.58 Å². The van der Waals surface area contributed by atoms with Gasteiger partial charge in [0.25, 0.3) is 0 Å². The zero-order valence-corrected chi connectivity index (χ0v) is 21.3. The monoisotopic (exact) mass is 619 g/mol. The third-order valence-electron chi connectivity index (χ3n) is 5.48. The second kappa shape index (κ2) is 10.6. The van der Waals surface area contributed by atoms with Gasteiger partial charge in [0.1, 0.15) is 5.58 Å². The summed E-state index contributed by atoms with van der Waals surface area (Å²) in [6, 6.07) is 34.4. The average molecular weight is 619 g/mol. The number of para-hydroxylation sites is 1. The Morgan fingerprint density at radius 2 is 1.53 bits per heavy atom. The van der Waals surface area contributed by atoms with Gasteiger partial charge < -0.3 is 14.4 Å². The van der Waals surface area contributed by atoms with Crippen LogP contribution in [-0.2, 0) is 20.1 Å². The van der Waals surface area contributed by atoms with Crippen LogP contribution in [0.15, 0.2) is 102 Å². The Bertz CT molecular complexity index is 1540. The molecule has 3 aromatic heterocycles. The van der Waals surface area contributed by atoms with Gasteiger partial charge in [0, 0.05) is 37.9 Å². The first-order valence-corrected chi connectivity index (χ1v) is 10.8. The summed E-state index contributed by atoms with van der Waals surface area (Å²) < 4.78 is 6.02. The van der Waals surface area contributed by atoms with Crippen molar-refractivity contribution in [2.75, 3.05) is 0 Å². The minimum atomic E-state index is 0. The first-order chi connectivity index (χ1) is 16.2. The van der Waals surface area contributed by atoms with Gasteiger partial charge in [-0.3, -0.25) is 0 Å². The first-order valence-electron chi connectivity index (χ1n) is 10.8. The van der Waals surface area contributed by atoms with E-state index >= 15 is 0 Å². The molecular formula is C30H22IrN2O-2. The number of fused-ring (bicyclic) bond motifs is 3. The van der Waals surface area contributed by atoms with Crippen LogP contribution in [0.4, 0.5) is 0 Å². The van der Waals surface area contributed by atoms with Crippen molar-refractivity contribution in [3.8, 4) is 22.5 Å². The molecule has 0 bridgehead atoms. The van der Waals surface area contributed by atoms with E-state index in [-0.39, 0.29) is 20.1 Å². The summed E-state index contributed by atoms with van der Waals surface area (Å²) in [6.07, 6.45) is 3.60. The normalized spacial score (nSPS) is 10.4. The molecule has 0 saturated heterocycles. The van der Waals surface area contributed by atoms with E-state index in [1.165, 1.54) is 5.56 Å². The summed E-state index contributed by atoms with van der Waals surface area (Å²) in [6.45, 7) is 4.12. The van der Waals surface area contributed by atoms with Gasteiger partial charge in [-0.05, 0) is 36.5 Å². The number of rotatable bonds is 2. The van der Waals surface area contributed by atoms with Crippen molar-refractivity contribution in [1.29, 1.82) is 0 Å². The number of aryl methyl sites for hydroxylation is 2. The van der Waals surface area contributed by atoms with Crippen LogP contribution in [0.25, 0.3) is 44.5 Å². The van der Waals surface area contributed by atoms with E-state index < -0.39 is 0 Å². The minimum Gasteiger partial charge on any atom is -0.501 e. The topological polar surface area (TPSA) is 38.9 Å². The number of furan rings is 1. The second-order valence-electron chi connectivity index (χ2n) is 7.86. The Morgan fingerprint density at radius 3 is 2.32 bits per heavy atom. The Hall–Kier alpha value is -3.59. The Labute approximate surface area is 212 Å². The van der Waals surface area contributed by atoms with E-state index in [0.29, 0.717) is 0 Å². The molecule has 6 rings (SSSR count). The van der Waals surface area contributed by atoms with Crippen LogP contribution in [0.1, 0.15) is 11.1 Å². The largest absolute Gasteiger partial charge is 0.501 e. The molecule has 0 saturated carbocycles. The molecule has 34 heavy (non-hydrogen) atoms. The smallest absolute Gasteiger partial charge is 0.120 e. The molecule has 0 aliphatic heterocycles. The predicted molar refractivity (Wildman–Crippen MR) is 134 cm³/mol. The van der Waals surface area contributed by atoms with Crippen molar-refractivity contribution < 1.29 is 24.5 Å². The number of hydrogen-bond donors (Lipinski definition) is 0. The van der Waals surface area contributed by atoms with Crippen LogP contribution in [0.2, 0.25) is 0 Å². The maximum absolute atomic E-state index is 6.02. The molecular weight excluding hydrogens is 597 g/mol. The van der Waals surface area contributed by atoms with Gasteiger partial charge in [-0.25, -0.2) is 0 Å². The van der Waals surface area contributed by atoms with Crippen LogP contribution in [0.3, 0.4) is 0 Å². The van der Waals surface area contributed by atoms with Gasteiger partial charge in [0.15, 0.2) is 0 Å². The van der Waals surface area contributed by atoms with E-state index in [0.717, 1.165) is 50.0 Å². The Balaban J connectivity index is 0.000000171. The third-order valence-corrected chi connectivity index (χ3v) is 5.48. The van der Waals surface area contributed by atoms with Crippen LogP contribution >= 0.6 is 0 Å². The molecule has 0 atom stereocenters. The molecule has 6 aromatic rings. The van der Waals surface area contributed by atoms with Crippen molar-refractivity contribution in [2.24, 2.45) is 0 Å². The Kier molecular flexibility index (Phi) is 7.32. The van der Waals surface area contributed by atoms with Crippen LogP contribution in [0, 0.1) is 26.0 Å². The number of hydrogen-bond acceptors (Lipinski definition) is 3. The molecule has 0 amide bonds. The maximum atomic E-state index is 6.02. The van der Waals surface area contributed by atoms with E-state index in [1.54, 1.807) is 12.4 Å². The maximum Gasteiger partial charge on any atom is 0.120 e. The average Bonchev–Trinajstić information content (AvgIpc) is 3.24. The van der Waals surface area contributed by atoms with E-state index in [2.05, 4.69) is 54.1 Å².